The Hall–Kier alpha value is -0.870. The Morgan fingerprint density at radius 1 is 0.524 bits per heavy atom. The minimum Gasteiger partial charge on any atom is -0.466 e. The zero-order valence-corrected chi connectivity index (χ0v) is 28.7. The lowest BCUT2D eigenvalue weighted by Gasteiger charge is -2.22. The molecule has 0 saturated heterocycles. The molecular formula is C38H75NO3. The Labute approximate surface area is 263 Å². The van der Waals surface area contributed by atoms with Crippen molar-refractivity contribution < 1.29 is 14.6 Å². The molecule has 0 aliphatic carbocycles. The molecule has 0 bridgehead atoms. The zero-order valence-electron chi connectivity index (χ0n) is 28.7. The molecule has 0 aromatic rings. The number of aliphatic hydroxyl groups excluding tert-OH is 1. The van der Waals surface area contributed by atoms with Crippen LogP contribution in [-0.2, 0) is 9.53 Å². The maximum absolute atomic E-state index is 12.0. The predicted molar refractivity (Wildman–Crippen MR) is 184 cm³/mol. The summed E-state index contributed by atoms with van der Waals surface area (Å²) in [5.74, 6) is -0.0177. The number of rotatable bonds is 35. The van der Waals surface area contributed by atoms with E-state index in [9.17, 15) is 9.90 Å². The molecule has 0 heterocycles. The molecule has 0 aromatic heterocycles. The van der Waals surface area contributed by atoms with Crippen molar-refractivity contribution in [1.29, 1.82) is 0 Å². The van der Waals surface area contributed by atoms with E-state index in [2.05, 4.69) is 30.9 Å². The van der Waals surface area contributed by atoms with Gasteiger partial charge < -0.3 is 14.7 Å². The van der Waals surface area contributed by atoms with Crippen LogP contribution >= 0.6 is 0 Å². The van der Waals surface area contributed by atoms with Crippen molar-refractivity contribution in [2.75, 3.05) is 32.8 Å². The van der Waals surface area contributed by atoms with Gasteiger partial charge in [0.25, 0.3) is 0 Å². The van der Waals surface area contributed by atoms with E-state index in [0.29, 0.717) is 13.0 Å². The molecule has 4 nitrogen and oxygen atoms in total. The van der Waals surface area contributed by atoms with Crippen molar-refractivity contribution in [3.63, 3.8) is 0 Å². The first-order valence-electron chi connectivity index (χ1n) is 18.9. The normalized spacial score (nSPS) is 11.7. The summed E-state index contributed by atoms with van der Waals surface area (Å²) in [7, 11) is 0. The largest absolute Gasteiger partial charge is 0.466 e. The Morgan fingerprint density at radius 3 is 1.43 bits per heavy atom. The number of nitrogens with zero attached hydrogens (tertiary/aromatic N) is 1. The Morgan fingerprint density at radius 2 is 0.929 bits per heavy atom. The number of esters is 1. The number of hydrogen-bond acceptors (Lipinski definition) is 4. The van der Waals surface area contributed by atoms with Gasteiger partial charge in [0.2, 0.25) is 0 Å². The predicted octanol–water partition coefficient (Wildman–Crippen LogP) is 11.3. The highest BCUT2D eigenvalue weighted by atomic mass is 16.5. The third kappa shape index (κ3) is 33.6. The molecule has 0 aromatic carbocycles. The lowest BCUT2D eigenvalue weighted by molar-refractivity contribution is -0.143. The summed E-state index contributed by atoms with van der Waals surface area (Å²) >= 11 is 0. The van der Waals surface area contributed by atoms with Crippen LogP contribution in [-0.4, -0.2) is 48.8 Å². The van der Waals surface area contributed by atoms with Gasteiger partial charge in [-0.15, -0.1) is 0 Å². The van der Waals surface area contributed by atoms with E-state index in [1.165, 1.54) is 141 Å². The van der Waals surface area contributed by atoms with Crippen LogP contribution in [0.1, 0.15) is 194 Å². The smallest absolute Gasteiger partial charge is 0.305 e. The topological polar surface area (TPSA) is 49.8 Å². The molecule has 0 radical (unpaired) electrons. The highest BCUT2D eigenvalue weighted by Crippen LogP contribution is 2.12. The first kappa shape index (κ1) is 41.1. The second-order valence-electron chi connectivity index (χ2n) is 12.7. The number of carbonyl (C=O) groups is 1. The van der Waals surface area contributed by atoms with Gasteiger partial charge in [-0.3, -0.25) is 4.79 Å². The number of allylic oxidation sites excluding steroid dienone is 2. The zero-order chi connectivity index (χ0) is 30.6. The Balaban J connectivity index is 3.60. The van der Waals surface area contributed by atoms with Crippen molar-refractivity contribution in [3.8, 4) is 0 Å². The van der Waals surface area contributed by atoms with Crippen molar-refractivity contribution in [2.45, 2.75) is 194 Å². The summed E-state index contributed by atoms with van der Waals surface area (Å²) < 4.78 is 5.44. The van der Waals surface area contributed by atoms with Gasteiger partial charge in [0.1, 0.15) is 0 Å². The second-order valence-corrected chi connectivity index (χ2v) is 12.7. The average molecular weight is 594 g/mol. The number of ether oxygens (including phenoxy) is 1. The lowest BCUT2D eigenvalue weighted by Crippen LogP contribution is -2.28. The highest BCUT2D eigenvalue weighted by molar-refractivity contribution is 5.69. The van der Waals surface area contributed by atoms with E-state index in [1.807, 2.05) is 0 Å². The lowest BCUT2D eigenvalue weighted by atomic mass is 10.1. The van der Waals surface area contributed by atoms with Crippen LogP contribution in [0.5, 0.6) is 0 Å². The van der Waals surface area contributed by atoms with Crippen molar-refractivity contribution in [3.05, 3.63) is 12.2 Å². The van der Waals surface area contributed by atoms with Gasteiger partial charge >= 0.3 is 5.97 Å². The fraction of sp³-hybridized carbons (Fsp3) is 0.921. The first-order chi connectivity index (χ1) is 20.7. The summed E-state index contributed by atoms with van der Waals surface area (Å²) in [5, 5.41) is 9.29. The summed E-state index contributed by atoms with van der Waals surface area (Å²) in [4.78, 5) is 14.6. The van der Waals surface area contributed by atoms with Crippen molar-refractivity contribution in [2.24, 2.45) is 0 Å². The molecule has 0 aliphatic heterocycles. The van der Waals surface area contributed by atoms with Crippen molar-refractivity contribution >= 4 is 5.97 Å². The molecule has 250 valence electrons. The van der Waals surface area contributed by atoms with Crippen LogP contribution in [0.2, 0.25) is 0 Å². The fourth-order valence-electron chi connectivity index (χ4n) is 5.67. The Bertz CT molecular complexity index is 550. The van der Waals surface area contributed by atoms with Gasteiger partial charge in [-0.25, -0.2) is 0 Å². The maximum Gasteiger partial charge on any atom is 0.305 e. The average Bonchev–Trinajstić information content (AvgIpc) is 2.99. The molecule has 0 amide bonds. The monoisotopic (exact) mass is 594 g/mol. The summed E-state index contributed by atoms with van der Waals surface area (Å²) in [5.41, 5.74) is 0. The number of carbonyl (C=O) groups excluding carboxylic acids is 1. The quantitative estimate of drug-likeness (QED) is 0.0451. The Kier molecular flexibility index (Phi) is 35.6. The molecule has 1 N–H and O–H groups in total. The molecule has 4 heteroatoms. The molecule has 0 rings (SSSR count). The highest BCUT2D eigenvalue weighted by Gasteiger charge is 2.06. The summed E-state index contributed by atoms with van der Waals surface area (Å²) in [6, 6.07) is 0. The van der Waals surface area contributed by atoms with Gasteiger partial charge in [-0.2, -0.15) is 0 Å². The molecule has 0 fully saturated rings. The van der Waals surface area contributed by atoms with Crippen LogP contribution in [0.25, 0.3) is 0 Å². The number of unbranched alkanes of at least 4 members (excludes halogenated alkanes) is 22. The van der Waals surface area contributed by atoms with Crippen LogP contribution < -0.4 is 0 Å². The van der Waals surface area contributed by atoms with Gasteiger partial charge in [-0.1, -0.05) is 142 Å². The molecule has 42 heavy (non-hydrogen) atoms. The first-order valence-corrected chi connectivity index (χ1v) is 18.9. The third-order valence-corrected chi connectivity index (χ3v) is 8.48. The van der Waals surface area contributed by atoms with Crippen molar-refractivity contribution in [1.82, 2.24) is 4.90 Å². The van der Waals surface area contributed by atoms with Crippen LogP contribution in [0.3, 0.4) is 0 Å². The van der Waals surface area contributed by atoms with E-state index in [0.717, 1.165) is 51.7 Å². The summed E-state index contributed by atoms with van der Waals surface area (Å²) in [6.07, 6.45) is 39.8. The van der Waals surface area contributed by atoms with Crippen LogP contribution in [0, 0.1) is 0 Å². The van der Waals surface area contributed by atoms with E-state index in [1.54, 1.807) is 0 Å². The molecule has 0 unspecified atom stereocenters. The standard InChI is InChI=1S/C38H75NO3/c1-3-5-7-9-11-13-14-15-16-17-18-19-20-22-24-28-33-39(35-31-36-40)34-29-26-27-32-38(41)42-37-30-25-23-21-12-10-8-6-4-2/h15-16,40H,3-14,17-37H2,1-2H3/b16-15+. The molecular weight excluding hydrogens is 518 g/mol. The van der Waals surface area contributed by atoms with E-state index < -0.39 is 0 Å². The molecule has 0 aliphatic rings. The van der Waals surface area contributed by atoms with E-state index >= 15 is 0 Å². The van der Waals surface area contributed by atoms with Gasteiger partial charge in [0, 0.05) is 19.6 Å². The SMILES string of the molecule is CCCCCCCC/C=C/CCCCCCCCN(CCCO)CCCCCC(=O)OCCCCCCCCCCC. The minimum absolute atomic E-state index is 0.0177. The minimum atomic E-state index is -0.0177. The third-order valence-electron chi connectivity index (χ3n) is 8.48. The van der Waals surface area contributed by atoms with Gasteiger partial charge in [0.05, 0.1) is 6.61 Å². The van der Waals surface area contributed by atoms with Crippen LogP contribution in [0.15, 0.2) is 12.2 Å². The van der Waals surface area contributed by atoms with E-state index in [4.69, 9.17) is 4.74 Å². The van der Waals surface area contributed by atoms with Crippen LogP contribution in [0.4, 0.5) is 0 Å². The summed E-state index contributed by atoms with van der Waals surface area (Å²) in [6.45, 7) is 8.62. The van der Waals surface area contributed by atoms with Gasteiger partial charge in [0.15, 0.2) is 0 Å². The maximum atomic E-state index is 12.0. The number of aliphatic hydroxyl groups is 1. The van der Waals surface area contributed by atoms with E-state index in [-0.39, 0.29) is 12.6 Å². The van der Waals surface area contributed by atoms with Gasteiger partial charge in [-0.05, 0) is 70.9 Å². The fourth-order valence-corrected chi connectivity index (χ4v) is 5.67. The number of hydrogen-bond donors (Lipinski definition) is 1. The molecule has 0 saturated carbocycles. The second kappa shape index (κ2) is 36.3. The molecule has 0 atom stereocenters. The molecule has 0 spiro atoms.